The molecule has 2 aromatic rings. The number of rotatable bonds is 5. The minimum atomic E-state index is -4.81. The highest BCUT2D eigenvalue weighted by Crippen LogP contribution is 2.40. The number of alkyl halides is 3. The van der Waals surface area contributed by atoms with E-state index < -0.39 is 40.7 Å². The summed E-state index contributed by atoms with van der Waals surface area (Å²) in [7, 11) is 1.50. The molecular formula is C24H21F4N3O4S. The second-order valence-electron chi connectivity index (χ2n) is 8.74. The summed E-state index contributed by atoms with van der Waals surface area (Å²) in [5.74, 6) is -1.39. The van der Waals surface area contributed by atoms with Crippen molar-refractivity contribution in [2.24, 2.45) is 0 Å². The molecule has 1 amide bonds. The Hall–Kier alpha value is -3.27. The van der Waals surface area contributed by atoms with Gasteiger partial charge in [-0.05, 0) is 56.4 Å². The molecule has 1 unspecified atom stereocenters. The Kier molecular flexibility index (Phi) is 6.68. The molecule has 2 fully saturated rings. The van der Waals surface area contributed by atoms with Gasteiger partial charge < -0.3 is 19.1 Å². The number of hydrogen-bond acceptors (Lipinski definition) is 6. The monoisotopic (exact) mass is 523 g/mol. The maximum atomic E-state index is 15.0. The Labute approximate surface area is 209 Å². The largest absolute Gasteiger partial charge is 0.482 e. The fourth-order valence-electron chi connectivity index (χ4n) is 4.19. The summed E-state index contributed by atoms with van der Waals surface area (Å²) in [6, 6.07) is 8.42. The molecule has 0 saturated carbocycles. The Morgan fingerprint density at radius 2 is 1.81 bits per heavy atom. The molecule has 0 bridgehead atoms. The fraction of sp³-hybridized carbons (Fsp3) is 0.375. The van der Waals surface area contributed by atoms with Crippen LogP contribution in [-0.4, -0.2) is 49.1 Å². The summed E-state index contributed by atoms with van der Waals surface area (Å²) in [5.41, 5.74) is -3.06. The van der Waals surface area contributed by atoms with Gasteiger partial charge >= 0.3 is 6.18 Å². The van der Waals surface area contributed by atoms with E-state index >= 15 is 4.39 Å². The molecule has 0 aliphatic carbocycles. The maximum absolute atomic E-state index is 15.0. The number of benzene rings is 2. The van der Waals surface area contributed by atoms with Gasteiger partial charge in [-0.15, -0.1) is 0 Å². The van der Waals surface area contributed by atoms with E-state index in [4.69, 9.17) is 31.7 Å². The number of hydrogen-bond donors (Lipinski definition) is 0. The minimum Gasteiger partial charge on any atom is -0.482 e. The molecule has 2 saturated heterocycles. The van der Waals surface area contributed by atoms with Crippen molar-refractivity contribution >= 4 is 34.6 Å². The van der Waals surface area contributed by atoms with Crippen LogP contribution in [0.25, 0.3) is 0 Å². The molecule has 2 aliphatic rings. The molecule has 2 aliphatic heterocycles. The molecule has 2 aromatic carbocycles. The van der Waals surface area contributed by atoms with Gasteiger partial charge in [0.15, 0.2) is 22.8 Å². The molecule has 0 N–H and O–H groups in total. The normalized spacial score (nSPS) is 21.7. The molecular weight excluding hydrogens is 502 g/mol. The molecule has 12 heteroatoms. The molecule has 4 rings (SSSR count). The number of amides is 1. The highest BCUT2D eigenvalue weighted by molar-refractivity contribution is 7.81. The molecule has 7 nitrogen and oxygen atoms in total. The first-order valence-electron chi connectivity index (χ1n) is 10.8. The highest BCUT2D eigenvalue weighted by Gasteiger charge is 2.51. The van der Waals surface area contributed by atoms with Crippen LogP contribution < -0.4 is 14.5 Å². The maximum Gasteiger partial charge on any atom is 0.417 e. The third-order valence-corrected chi connectivity index (χ3v) is 6.45. The third-order valence-electron chi connectivity index (χ3n) is 6.09. The SMILES string of the molecule is CO[C@H]1COCC1Oc1ccc(N2C(=S)N(c3ccc(C#N)c(C(F)(F)F)c3)C(=O)C2(C)C)cc1F. The zero-order valence-corrected chi connectivity index (χ0v) is 20.2. The zero-order valence-electron chi connectivity index (χ0n) is 19.4. The predicted octanol–water partition coefficient (Wildman–Crippen LogP) is 4.43. The lowest BCUT2D eigenvalue weighted by Crippen LogP contribution is -2.44. The molecule has 2 heterocycles. The van der Waals surface area contributed by atoms with E-state index in [0.717, 1.165) is 17.0 Å². The number of nitriles is 1. The summed E-state index contributed by atoms with van der Waals surface area (Å²) < 4.78 is 71.8. The van der Waals surface area contributed by atoms with Crippen molar-refractivity contribution in [2.75, 3.05) is 30.1 Å². The van der Waals surface area contributed by atoms with E-state index in [0.29, 0.717) is 12.7 Å². The van der Waals surface area contributed by atoms with Crippen LogP contribution in [0.2, 0.25) is 0 Å². The number of methoxy groups -OCH3 is 1. The van der Waals surface area contributed by atoms with E-state index in [9.17, 15) is 18.0 Å². The molecule has 36 heavy (non-hydrogen) atoms. The Bertz CT molecular complexity index is 1260. The minimum absolute atomic E-state index is 0.0516. The third kappa shape index (κ3) is 4.38. The van der Waals surface area contributed by atoms with Crippen molar-refractivity contribution in [1.29, 1.82) is 5.26 Å². The van der Waals surface area contributed by atoms with Gasteiger partial charge in [-0.3, -0.25) is 9.69 Å². The summed E-state index contributed by atoms with van der Waals surface area (Å²) in [6.07, 6.45) is -5.67. The number of ether oxygens (including phenoxy) is 3. The molecule has 0 aromatic heterocycles. The second kappa shape index (κ2) is 9.31. The number of thiocarbonyl (C=S) groups is 1. The fourth-order valence-corrected chi connectivity index (χ4v) is 4.71. The van der Waals surface area contributed by atoms with Crippen molar-refractivity contribution in [2.45, 2.75) is 37.8 Å². The van der Waals surface area contributed by atoms with Crippen molar-refractivity contribution in [3.05, 3.63) is 53.3 Å². The van der Waals surface area contributed by atoms with Gasteiger partial charge in [0.2, 0.25) is 0 Å². The Morgan fingerprint density at radius 1 is 1.14 bits per heavy atom. The van der Waals surface area contributed by atoms with Gasteiger partial charge in [-0.2, -0.15) is 18.4 Å². The zero-order chi connectivity index (χ0) is 26.4. The van der Waals surface area contributed by atoms with E-state index in [2.05, 4.69) is 0 Å². The van der Waals surface area contributed by atoms with E-state index in [-0.39, 0.29) is 34.9 Å². The topological polar surface area (TPSA) is 75.0 Å². The van der Waals surface area contributed by atoms with Crippen LogP contribution in [0.5, 0.6) is 5.75 Å². The molecule has 0 spiro atoms. The number of carbonyl (C=O) groups excluding carboxylic acids is 1. The molecule has 190 valence electrons. The van der Waals surface area contributed by atoms with Gasteiger partial charge in [-0.1, -0.05) is 0 Å². The average molecular weight is 524 g/mol. The summed E-state index contributed by atoms with van der Waals surface area (Å²) in [5, 5.41) is 8.92. The number of nitrogens with zero attached hydrogens (tertiary/aromatic N) is 3. The van der Waals surface area contributed by atoms with E-state index in [1.54, 1.807) is 0 Å². The van der Waals surface area contributed by atoms with Gasteiger partial charge in [0, 0.05) is 18.9 Å². The van der Waals surface area contributed by atoms with Crippen LogP contribution in [0.15, 0.2) is 36.4 Å². The van der Waals surface area contributed by atoms with Crippen molar-refractivity contribution in [3.63, 3.8) is 0 Å². The Morgan fingerprint density at radius 3 is 2.42 bits per heavy atom. The molecule has 0 radical (unpaired) electrons. The van der Waals surface area contributed by atoms with Crippen LogP contribution in [0.1, 0.15) is 25.0 Å². The second-order valence-corrected chi connectivity index (χ2v) is 9.10. The van der Waals surface area contributed by atoms with E-state index in [1.165, 1.54) is 50.1 Å². The van der Waals surface area contributed by atoms with Crippen LogP contribution >= 0.6 is 12.2 Å². The lowest BCUT2D eigenvalue weighted by Gasteiger charge is -2.29. The number of halogens is 4. The smallest absolute Gasteiger partial charge is 0.417 e. The van der Waals surface area contributed by atoms with Crippen LogP contribution in [0.4, 0.5) is 28.9 Å². The summed E-state index contributed by atoms with van der Waals surface area (Å²) in [6.45, 7) is 3.60. The average Bonchev–Trinajstić information content (AvgIpc) is 3.33. The van der Waals surface area contributed by atoms with Crippen LogP contribution in [0.3, 0.4) is 0 Å². The van der Waals surface area contributed by atoms with Gasteiger partial charge in [0.05, 0.1) is 36.1 Å². The van der Waals surface area contributed by atoms with Crippen LogP contribution in [0, 0.1) is 17.1 Å². The Balaban J connectivity index is 1.67. The lowest BCUT2D eigenvalue weighted by molar-refractivity contribution is -0.137. The van der Waals surface area contributed by atoms with Crippen molar-refractivity contribution in [3.8, 4) is 11.8 Å². The van der Waals surface area contributed by atoms with Gasteiger partial charge in [-0.25, -0.2) is 4.39 Å². The summed E-state index contributed by atoms with van der Waals surface area (Å²) >= 11 is 5.47. The first-order chi connectivity index (χ1) is 16.9. The lowest BCUT2D eigenvalue weighted by atomic mass is 10.0. The number of anilines is 2. The molecule has 2 atom stereocenters. The van der Waals surface area contributed by atoms with Crippen LogP contribution in [-0.2, 0) is 20.4 Å². The quantitative estimate of drug-likeness (QED) is 0.424. The van der Waals surface area contributed by atoms with Crippen molar-refractivity contribution < 1.29 is 36.6 Å². The van der Waals surface area contributed by atoms with E-state index in [1.807, 2.05) is 0 Å². The highest BCUT2D eigenvalue weighted by atomic mass is 32.1. The first-order valence-corrected chi connectivity index (χ1v) is 11.2. The standard InChI is InChI=1S/C24H21F4N3O4S/c1-23(2)21(32)30(14-5-4-13(10-29)16(8-14)24(26,27)28)22(36)31(23)15-6-7-18(17(25)9-15)35-20-12-34-11-19(20)33-3/h4-9,19-20H,11-12H2,1-3H3/t19-,20?/m0/s1. The van der Waals surface area contributed by atoms with Gasteiger partial charge in [0.25, 0.3) is 5.91 Å². The van der Waals surface area contributed by atoms with Crippen molar-refractivity contribution in [1.82, 2.24) is 0 Å². The predicted molar refractivity (Wildman–Crippen MR) is 125 cm³/mol. The number of carbonyl (C=O) groups is 1. The first kappa shape index (κ1) is 25.8. The summed E-state index contributed by atoms with van der Waals surface area (Å²) in [4.78, 5) is 15.6. The van der Waals surface area contributed by atoms with Gasteiger partial charge in [0.1, 0.15) is 11.6 Å².